The molecule has 0 atom stereocenters. The topological polar surface area (TPSA) is 20.2 Å². The fraction of sp³-hybridized carbons (Fsp3) is 0. The van der Waals surface area contributed by atoms with Crippen LogP contribution in [0.4, 0.5) is 0 Å². The van der Waals surface area contributed by atoms with E-state index in [0.29, 0.717) is 4.47 Å². The van der Waals surface area contributed by atoms with Crippen LogP contribution in [-0.4, -0.2) is 5.11 Å². The molecule has 1 radical (unpaired) electrons. The number of phenolic OH excluding ortho intramolecular Hbond substituents is 1. The highest BCUT2D eigenvalue weighted by molar-refractivity contribution is 9.10. The molecule has 0 bridgehead atoms. The van der Waals surface area contributed by atoms with Crippen molar-refractivity contribution in [2.45, 2.75) is 0 Å². The lowest BCUT2D eigenvalue weighted by molar-refractivity contribution is 0.471. The van der Waals surface area contributed by atoms with Crippen molar-refractivity contribution in [3.05, 3.63) is 35.2 Å². The molecule has 0 amide bonds. The van der Waals surface area contributed by atoms with Crippen molar-refractivity contribution in [3.63, 3.8) is 0 Å². The molecular weight excluding hydrogens is 180 g/mol. The second-order valence-corrected chi connectivity index (χ2v) is 2.64. The molecule has 0 aliphatic carbocycles. The number of hydrogen-bond acceptors (Lipinski definition) is 1. The van der Waals surface area contributed by atoms with E-state index in [2.05, 4.69) is 22.9 Å². The number of rotatable bonds is 0. The molecule has 0 spiro atoms. The first-order valence-electron chi connectivity index (χ1n) is 2.50. The van der Waals surface area contributed by atoms with Crippen LogP contribution in [0.2, 0.25) is 0 Å². The number of benzene rings is 1. The van der Waals surface area contributed by atoms with Gasteiger partial charge in [0.15, 0.2) is 0 Å². The quantitative estimate of drug-likeness (QED) is 0.659. The molecule has 47 valence electrons. The van der Waals surface area contributed by atoms with Crippen molar-refractivity contribution in [2.75, 3.05) is 0 Å². The zero-order valence-corrected chi connectivity index (χ0v) is 6.35. The Kier molecular flexibility index (Phi) is 1.76. The van der Waals surface area contributed by atoms with Crippen LogP contribution < -0.4 is 0 Å². The van der Waals surface area contributed by atoms with Crippen LogP contribution in [0, 0.1) is 6.92 Å². The van der Waals surface area contributed by atoms with Gasteiger partial charge in [0.25, 0.3) is 0 Å². The van der Waals surface area contributed by atoms with Crippen LogP contribution in [0.3, 0.4) is 0 Å². The van der Waals surface area contributed by atoms with Crippen molar-refractivity contribution in [1.82, 2.24) is 0 Å². The Balaban J connectivity index is 3.17. The molecule has 0 saturated heterocycles. The number of hydrogen-bond donors (Lipinski definition) is 1. The zero-order valence-electron chi connectivity index (χ0n) is 4.76. The van der Waals surface area contributed by atoms with Gasteiger partial charge in [-0.15, -0.1) is 0 Å². The summed E-state index contributed by atoms with van der Waals surface area (Å²) in [6, 6.07) is 5.19. The van der Waals surface area contributed by atoms with E-state index in [9.17, 15) is 0 Å². The summed E-state index contributed by atoms with van der Waals surface area (Å²) in [5.41, 5.74) is 0.815. The Labute approximate surface area is 62.5 Å². The lowest BCUT2D eigenvalue weighted by atomic mass is 10.2. The molecule has 1 aromatic rings. The maximum absolute atomic E-state index is 9.01. The van der Waals surface area contributed by atoms with E-state index < -0.39 is 0 Å². The first-order chi connectivity index (χ1) is 4.20. The molecule has 0 unspecified atom stereocenters. The third kappa shape index (κ3) is 1.45. The normalized spacial score (nSPS) is 9.56. The number of aromatic hydroxyl groups is 1. The zero-order chi connectivity index (χ0) is 6.85. The highest BCUT2D eigenvalue weighted by Crippen LogP contribution is 2.23. The molecule has 1 rings (SSSR count). The lowest BCUT2D eigenvalue weighted by Gasteiger charge is -1.95. The number of halogens is 1. The van der Waals surface area contributed by atoms with Crippen LogP contribution in [0.5, 0.6) is 5.75 Å². The first kappa shape index (κ1) is 6.62. The molecule has 0 aliphatic rings. The van der Waals surface area contributed by atoms with E-state index in [4.69, 9.17) is 5.11 Å². The minimum absolute atomic E-state index is 0.238. The van der Waals surface area contributed by atoms with E-state index in [1.165, 1.54) is 0 Å². The van der Waals surface area contributed by atoms with Gasteiger partial charge >= 0.3 is 0 Å². The molecule has 0 aromatic heterocycles. The van der Waals surface area contributed by atoms with Gasteiger partial charge in [-0.25, -0.2) is 0 Å². The van der Waals surface area contributed by atoms with E-state index in [0.717, 1.165) is 5.56 Å². The summed E-state index contributed by atoms with van der Waals surface area (Å²) >= 11 is 3.15. The van der Waals surface area contributed by atoms with Gasteiger partial charge in [0.05, 0.1) is 4.47 Å². The SMILES string of the molecule is [CH2]c1ccc(Br)c(O)c1. The van der Waals surface area contributed by atoms with Crippen molar-refractivity contribution in [2.24, 2.45) is 0 Å². The Morgan fingerprint density at radius 1 is 1.44 bits per heavy atom. The van der Waals surface area contributed by atoms with Crippen molar-refractivity contribution in [3.8, 4) is 5.75 Å². The lowest BCUT2D eigenvalue weighted by Crippen LogP contribution is -1.71. The summed E-state index contributed by atoms with van der Waals surface area (Å²) < 4.78 is 0.704. The van der Waals surface area contributed by atoms with Crippen LogP contribution >= 0.6 is 15.9 Å². The van der Waals surface area contributed by atoms with Crippen molar-refractivity contribution in [1.29, 1.82) is 0 Å². The Bertz CT molecular complexity index is 220. The highest BCUT2D eigenvalue weighted by Gasteiger charge is 1.93. The minimum Gasteiger partial charge on any atom is -0.507 e. The maximum atomic E-state index is 9.01. The molecule has 1 nitrogen and oxygen atoms in total. The molecule has 1 aromatic carbocycles. The van der Waals surface area contributed by atoms with E-state index in [1.54, 1.807) is 12.1 Å². The summed E-state index contributed by atoms with van der Waals surface area (Å²) in [5, 5.41) is 9.01. The molecule has 1 N–H and O–H groups in total. The summed E-state index contributed by atoms with van der Waals surface area (Å²) in [4.78, 5) is 0. The fourth-order valence-electron chi connectivity index (χ4n) is 0.558. The maximum Gasteiger partial charge on any atom is 0.130 e. The van der Waals surface area contributed by atoms with E-state index >= 15 is 0 Å². The average molecular weight is 186 g/mol. The molecule has 0 heterocycles. The molecule has 0 fully saturated rings. The van der Waals surface area contributed by atoms with Crippen molar-refractivity contribution < 1.29 is 5.11 Å². The van der Waals surface area contributed by atoms with Gasteiger partial charge in [0.2, 0.25) is 0 Å². The van der Waals surface area contributed by atoms with Gasteiger partial charge in [0, 0.05) is 0 Å². The third-order valence-electron chi connectivity index (χ3n) is 1.01. The Hall–Kier alpha value is -0.500. The van der Waals surface area contributed by atoms with Gasteiger partial charge in [0.1, 0.15) is 5.75 Å². The summed E-state index contributed by atoms with van der Waals surface area (Å²) in [5.74, 6) is 0.238. The standard InChI is InChI=1S/C7H6BrO/c1-5-2-3-6(8)7(9)4-5/h2-4,9H,1H2. The molecule has 0 aliphatic heterocycles. The molecule has 9 heavy (non-hydrogen) atoms. The van der Waals surface area contributed by atoms with Crippen LogP contribution in [-0.2, 0) is 0 Å². The second-order valence-electron chi connectivity index (χ2n) is 1.79. The predicted octanol–water partition coefficient (Wildman–Crippen LogP) is 2.34. The second kappa shape index (κ2) is 2.40. The molecular formula is C7H6BrO. The van der Waals surface area contributed by atoms with Crippen LogP contribution in [0.15, 0.2) is 22.7 Å². The molecule has 0 saturated carbocycles. The minimum atomic E-state index is 0.238. The fourth-order valence-corrected chi connectivity index (χ4v) is 0.805. The van der Waals surface area contributed by atoms with E-state index in [-0.39, 0.29) is 5.75 Å². The number of phenols is 1. The largest absolute Gasteiger partial charge is 0.507 e. The average Bonchev–Trinajstić information content (AvgIpc) is 1.80. The monoisotopic (exact) mass is 185 g/mol. The summed E-state index contributed by atoms with van der Waals surface area (Å²) in [7, 11) is 0. The Morgan fingerprint density at radius 2 is 2.11 bits per heavy atom. The van der Waals surface area contributed by atoms with Gasteiger partial charge in [-0.3, -0.25) is 0 Å². The van der Waals surface area contributed by atoms with Crippen LogP contribution in [0.25, 0.3) is 0 Å². The molecule has 2 heteroatoms. The summed E-state index contributed by atoms with van der Waals surface area (Å²) in [6.45, 7) is 3.64. The smallest absolute Gasteiger partial charge is 0.130 e. The van der Waals surface area contributed by atoms with Gasteiger partial charge in [-0.2, -0.15) is 0 Å². The summed E-state index contributed by atoms with van der Waals surface area (Å²) in [6.07, 6.45) is 0. The van der Waals surface area contributed by atoms with Gasteiger partial charge < -0.3 is 5.11 Å². The van der Waals surface area contributed by atoms with Crippen LogP contribution in [0.1, 0.15) is 5.56 Å². The Morgan fingerprint density at radius 3 is 2.56 bits per heavy atom. The van der Waals surface area contributed by atoms with E-state index in [1.807, 2.05) is 6.07 Å². The van der Waals surface area contributed by atoms with Crippen molar-refractivity contribution >= 4 is 15.9 Å². The predicted molar refractivity (Wildman–Crippen MR) is 40.3 cm³/mol. The van der Waals surface area contributed by atoms with Gasteiger partial charge in [-0.05, 0) is 40.5 Å². The van der Waals surface area contributed by atoms with Gasteiger partial charge in [-0.1, -0.05) is 6.07 Å². The highest BCUT2D eigenvalue weighted by atomic mass is 79.9. The first-order valence-corrected chi connectivity index (χ1v) is 3.30. The third-order valence-corrected chi connectivity index (χ3v) is 1.68.